The first-order chi connectivity index (χ1) is 11.9. The van der Waals surface area contributed by atoms with Crippen molar-refractivity contribution in [3.05, 3.63) is 34.5 Å². The second-order valence-electron chi connectivity index (χ2n) is 8.29. The number of nitrogens with one attached hydrogen (secondary N) is 1. The summed E-state index contributed by atoms with van der Waals surface area (Å²) in [6.45, 7) is 8.04. The second kappa shape index (κ2) is 5.87. The first kappa shape index (κ1) is 16.6. The van der Waals surface area contributed by atoms with Gasteiger partial charge in [0.2, 0.25) is 5.91 Å². The number of amides is 1. The summed E-state index contributed by atoms with van der Waals surface area (Å²) < 4.78 is 0. The van der Waals surface area contributed by atoms with E-state index in [4.69, 9.17) is 0 Å². The average Bonchev–Trinajstić information content (AvgIpc) is 3.20. The zero-order valence-electron chi connectivity index (χ0n) is 15.5. The summed E-state index contributed by atoms with van der Waals surface area (Å²) >= 11 is 0. The molecule has 134 valence electrons. The normalized spacial score (nSPS) is 25.8. The van der Waals surface area contributed by atoms with Crippen LogP contribution in [0.3, 0.4) is 0 Å². The van der Waals surface area contributed by atoms with Crippen molar-refractivity contribution in [2.45, 2.75) is 46.5 Å². The van der Waals surface area contributed by atoms with Gasteiger partial charge in [-0.05, 0) is 56.7 Å². The first-order valence-corrected chi connectivity index (χ1v) is 9.40. The maximum absolute atomic E-state index is 13.0. The zero-order valence-corrected chi connectivity index (χ0v) is 15.5. The molecule has 1 aliphatic carbocycles. The van der Waals surface area contributed by atoms with E-state index in [9.17, 15) is 9.90 Å². The molecule has 4 heteroatoms. The third-order valence-corrected chi connectivity index (χ3v) is 6.61. The van der Waals surface area contributed by atoms with Crippen LogP contribution in [0.2, 0.25) is 0 Å². The number of carbonyl (C=O) groups is 1. The molecule has 4 rings (SSSR count). The number of aliphatic hydroxyl groups is 1. The molecule has 1 aromatic carbocycles. The molecule has 1 aromatic heterocycles. The zero-order chi connectivity index (χ0) is 17.8. The number of hydrogen-bond acceptors (Lipinski definition) is 2. The molecule has 1 amide bonds. The lowest BCUT2D eigenvalue weighted by atomic mass is 9.82. The minimum atomic E-state index is -0.0297. The summed E-state index contributed by atoms with van der Waals surface area (Å²) in [5.74, 6) is 0.681. The van der Waals surface area contributed by atoms with Gasteiger partial charge >= 0.3 is 0 Å². The predicted molar refractivity (Wildman–Crippen MR) is 99.7 cm³/mol. The van der Waals surface area contributed by atoms with E-state index < -0.39 is 0 Å². The quantitative estimate of drug-likeness (QED) is 0.901. The topological polar surface area (TPSA) is 56.3 Å². The van der Waals surface area contributed by atoms with Crippen molar-refractivity contribution >= 4 is 16.8 Å². The van der Waals surface area contributed by atoms with Crippen LogP contribution in [0, 0.1) is 32.1 Å². The van der Waals surface area contributed by atoms with Crippen molar-refractivity contribution in [3.8, 4) is 0 Å². The molecule has 0 spiro atoms. The molecule has 2 atom stereocenters. The van der Waals surface area contributed by atoms with Crippen molar-refractivity contribution in [1.29, 1.82) is 0 Å². The minimum absolute atomic E-state index is 0.0297. The summed E-state index contributed by atoms with van der Waals surface area (Å²) in [7, 11) is 0. The van der Waals surface area contributed by atoms with Crippen LogP contribution in [0.1, 0.15) is 41.6 Å². The van der Waals surface area contributed by atoms with Crippen LogP contribution in [-0.2, 0) is 11.2 Å². The maximum Gasteiger partial charge on any atom is 0.227 e. The Kier molecular flexibility index (Phi) is 3.91. The lowest BCUT2D eigenvalue weighted by molar-refractivity contribution is -0.130. The lowest BCUT2D eigenvalue weighted by Crippen LogP contribution is -2.34. The number of nitrogens with zero attached hydrogens (tertiary/aromatic N) is 1. The molecule has 2 aromatic rings. The van der Waals surface area contributed by atoms with Crippen LogP contribution in [0.25, 0.3) is 10.9 Å². The summed E-state index contributed by atoms with van der Waals surface area (Å²) in [5, 5.41) is 11.1. The molecule has 2 fully saturated rings. The summed E-state index contributed by atoms with van der Waals surface area (Å²) in [4.78, 5) is 18.5. The maximum atomic E-state index is 13.0. The molecule has 1 saturated heterocycles. The van der Waals surface area contributed by atoms with Gasteiger partial charge in [0.25, 0.3) is 0 Å². The SMILES string of the molecule is Cc1cc(C)c2[nH]c(C)c(CC(=O)N3C[C@H]4CCC[C@@]4(CO)C3)c2c1. The Morgan fingerprint density at radius 1 is 1.36 bits per heavy atom. The highest BCUT2D eigenvalue weighted by Crippen LogP contribution is 2.48. The predicted octanol–water partition coefficient (Wildman–Crippen LogP) is 3.26. The fraction of sp³-hybridized carbons (Fsp3) is 0.571. The average molecular weight is 340 g/mol. The van der Waals surface area contributed by atoms with Gasteiger partial charge in [-0.3, -0.25) is 4.79 Å². The highest BCUT2D eigenvalue weighted by Gasteiger charge is 2.50. The van der Waals surface area contributed by atoms with Crippen molar-refractivity contribution in [2.75, 3.05) is 19.7 Å². The number of carbonyl (C=O) groups excluding carboxylic acids is 1. The number of aromatic nitrogens is 1. The van der Waals surface area contributed by atoms with E-state index >= 15 is 0 Å². The van der Waals surface area contributed by atoms with Gasteiger partial charge < -0.3 is 15.0 Å². The number of aryl methyl sites for hydroxylation is 3. The van der Waals surface area contributed by atoms with Crippen LogP contribution in [0.5, 0.6) is 0 Å². The first-order valence-electron chi connectivity index (χ1n) is 9.40. The van der Waals surface area contributed by atoms with Gasteiger partial charge in [-0.1, -0.05) is 18.1 Å². The number of benzene rings is 1. The smallest absolute Gasteiger partial charge is 0.227 e. The number of likely N-dealkylation sites (tertiary alicyclic amines) is 1. The van der Waals surface area contributed by atoms with Gasteiger partial charge in [-0.2, -0.15) is 0 Å². The Balaban J connectivity index is 1.60. The highest BCUT2D eigenvalue weighted by atomic mass is 16.3. The third-order valence-electron chi connectivity index (χ3n) is 6.61. The molecule has 1 saturated carbocycles. The minimum Gasteiger partial charge on any atom is -0.396 e. The summed E-state index contributed by atoms with van der Waals surface area (Å²) in [6.07, 6.45) is 3.84. The Bertz CT molecular complexity index is 838. The molecule has 0 radical (unpaired) electrons. The monoisotopic (exact) mass is 340 g/mol. The van der Waals surface area contributed by atoms with E-state index in [1.165, 1.54) is 22.9 Å². The largest absolute Gasteiger partial charge is 0.396 e. The summed E-state index contributed by atoms with van der Waals surface area (Å²) in [6, 6.07) is 4.36. The number of H-pyrrole nitrogens is 1. The molecule has 0 unspecified atom stereocenters. The molecule has 2 heterocycles. The Morgan fingerprint density at radius 3 is 2.88 bits per heavy atom. The van der Waals surface area contributed by atoms with Gasteiger partial charge in [-0.15, -0.1) is 0 Å². The highest BCUT2D eigenvalue weighted by molar-refractivity contribution is 5.92. The third kappa shape index (κ3) is 2.58. The fourth-order valence-electron chi connectivity index (χ4n) is 5.19. The molecule has 2 aliphatic rings. The second-order valence-corrected chi connectivity index (χ2v) is 8.29. The Morgan fingerprint density at radius 2 is 2.16 bits per heavy atom. The van der Waals surface area contributed by atoms with Crippen molar-refractivity contribution in [3.63, 3.8) is 0 Å². The van der Waals surface area contributed by atoms with Gasteiger partial charge in [-0.25, -0.2) is 0 Å². The van der Waals surface area contributed by atoms with E-state index in [1.54, 1.807) is 0 Å². The fourth-order valence-corrected chi connectivity index (χ4v) is 5.19. The Labute approximate surface area is 149 Å². The number of aromatic amines is 1. The molecular formula is C21H28N2O2. The van der Waals surface area contributed by atoms with E-state index in [0.29, 0.717) is 12.3 Å². The molecular weight excluding hydrogens is 312 g/mol. The van der Waals surface area contributed by atoms with Crippen molar-refractivity contribution in [2.24, 2.45) is 11.3 Å². The molecule has 1 aliphatic heterocycles. The lowest BCUT2D eigenvalue weighted by Gasteiger charge is -2.25. The summed E-state index contributed by atoms with van der Waals surface area (Å²) in [5.41, 5.74) is 5.79. The van der Waals surface area contributed by atoms with Crippen LogP contribution < -0.4 is 0 Å². The molecule has 2 N–H and O–H groups in total. The number of aliphatic hydroxyl groups excluding tert-OH is 1. The van der Waals surface area contributed by atoms with E-state index in [1.807, 2.05) is 4.90 Å². The van der Waals surface area contributed by atoms with Crippen molar-refractivity contribution < 1.29 is 9.90 Å². The Hall–Kier alpha value is -1.81. The number of rotatable bonds is 3. The van der Waals surface area contributed by atoms with E-state index in [-0.39, 0.29) is 17.9 Å². The molecule has 4 nitrogen and oxygen atoms in total. The molecule has 25 heavy (non-hydrogen) atoms. The van der Waals surface area contributed by atoms with Crippen LogP contribution in [0.4, 0.5) is 0 Å². The van der Waals surface area contributed by atoms with Gasteiger partial charge in [0.1, 0.15) is 0 Å². The van der Waals surface area contributed by atoms with E-state index in [0.717, 1.165) is 42.7 Å². The standard InChI is InChI=1S/C21H28N2O2/c1-13-7-14(2)20-18(8-13)17(15(3)22-20)9-19(25)23-10-16-5-4-6-21(16,11-23)12-24/h7-8,16,22,24H,4-6,9-12H2,1-3H3/t16-,21+/m1/s1. The number of hydrogen-bond donors (Lipinski definition) is 2. The van der Waals surface area contributed by atoms with Crippen LogP contribution in [0.15, 0.2) is 12.1 Å². The van der Waals surface area contributed by atoms with Crippen LogP contribution in [-0.4, -0.2) is 40.6 Å². The van der Waals surface area contributed by atoms with Crippen LogP contribution >= 0.6 is 0 Å². The van der Waals surface area contributed by atoms with E-state index in [2.05, 4.69) is 37.9 Å². The van der Waals surface area contributed by atoms with Gasteiger partial charge in [0.15, 0.2) is 0 Å². The van der Waals surface area contributed by atoms with Gasteiger partial charge in [0, 0.05) is 35.1 Å². The number of fused-ring (bicyclic) bond motifs is 2. The molecule has 0 bridgehead atoms. The van der Waals surface area contributed by atoms with Gasteiger partial charge in [0.05, 0.1) is 13.0 Å². The van der Waals surface area contributed by atoms with Crippen molar-refractivity contribution in [1.82, 2.24) is 9.88 Å².